The number of morpholine rings is 1. The van der Waals surface area contributed by atoms with Crippen LogP contribution < -0.4 is 0 Å². The first-order chi connectivity index (χ1) is 18.0. The summed E-state index contributed by atoms with van der Waals surface area (Å²) in [7, 11) is 3.81. The molecule has 1 amide bonds. The average molecular weight is 523 g/mol. The minimum atomic E-state index is 0.0972. The van der Waals surface area contributed by atoms with Gasteiger partial charge in [0.15, 0.2) is 0 Å². The number of ether oxygens (including phenoxy) is 1. The zero-order valence-corrected chi connectivity index (χ0v) is 22.5. The Labute approximate surface area is 224 Å². The number of guanidine groups is 1. The predicted molar refractivity (Wildman–Crippen MR) is 148 cm³/mol. The van der Waals surface area contributed by atoms with Gasteiger partial charge >= 0.3 is 0 Å². The van der Waals surface area contributed by atoms with E-state index < -0.39 is 0 Å². The number of hydrazone groups is 2. The Morgan fingerprint density at radius 1 is 1.11 bits per heavy atom. The Bertz CT molecular complexity index is 1120. The van der Waals surface area contributed by atoms with Crippen molar-refractivity contribution in [2.75, 3.05) is 46.9 Å². The molecule has 0 aliphatic carbocycles. The number of hydrogen-bond acceptors (Lipinski definition) is 5. The summed E-state index contributed by atoms with van der Waals surface area (Å²) in [5.41, 5.74) is 4.21. The van der Waals surface area contributed by atoms with Crippen molar-refractivity contribution in [2.45, 2.75) is 20.0 Å². The van der Waals surface area contributed by atoms with Gasteiger partial charge in [0.1, 0.15) is 0 Å². The first-order valence-electron chi connectivity index (χ1n) is 12.6. The van der Waals surface area contributed by atoms with E-state index in [1.54, 1.807) is 0 Å². The average Bonchev–Trinajstić information content (AvgIpc) is 3.32. The minimum Gasteiger partial charge on any atom is -0.379 e. The van der Waals surface area contributed by atoms with Crippen LogP contribution in [0.3, 0.4) is 0 Å². The number of halogens is 1. The highest BCUT2D eigenvalue weighted by Gasteiger charge is 2.29. The third kappa shape index (κ3) is 7.19. The van der Waals surface area contributed by atoms with Crippen molar-refractivity contribution in [2.24, 2.45) is 16.1 Å². The monoisotopic (exact) mass is 522 g/mol. The molecule has 196 valence electrons. The molecule has 37 heavy (non-hydrogen) atoms. The fourth-order valence-electron chi connectivity index (χ4n) is 4.46. The molecule has 0 aromatic heterocycles. The van der Waals surface area contributed by atoms with Crippen molar-refractivity contribution in [3.63, 3.8) is 0 Å². The Hall–Kier alpha value is -3.20. The number of carbonyl (C=O) groups excluding carboxylic acids is 1. The van der Waals surface area contributed by atoms with Gasteiger partial charge < -0.3 is 9.64 Å². The number of nitrogens with zero attached hydrogens (tertiary/aromatic N) is 6. The SMILES string of the molecule is C/C=C/[C@@H]1CN(/C(=N/N(C=O)Cc2ccc(CN3CCOCC3)cc2)N(C)C)N=C1c1ccc(Cl)cc1. The molecule has 0 N–H and O–H groups in total. The van der Waals surface area contributed by atoms with Gasteiger partial charge in [-0.3, -0.25) is 9.69 Å². The van der Waals surface area contributed by atoms with Crippen LogP contribution in [-0.4, -0.2) is 84.8 Å². The van der Waals surface area contributed by atoms with Gasteiger partial charge in [-0.1, -0.05) is 60.2 Å². The van der Waals surface area contributed by atoms with Crippen molar-refractivity contribution in [3.05, 3.63) is 82.4 Å². The van der Waals surface area contributed by atoms with Crippen molar-refractivity contribution < 1.29 is 9.53 Å². The molecular formula is C28H35ClN6O2. The van der Waals surface area contributed by atoms with E-state index in [9.17, 15) is 4.79 Å². The topological polar surface area (TPSA) is 64.0 Å². The first-order valence-corrected chi connectivity index (χ1v) is 12.9. The number of hydrogen-bond donors (Lipinski definition) is 0. The molecule has 2 aliphatic heterocycles. The van der Waals surface area contributed by atoms with Gasteiger partial charge in [0, 0.05) is 44.7 Å². The Balaban J connectivity index is 1.49. The Morgan fingerprint density at radius 2 is 1.78 bits per heavy atom. The van der Waals surface area contributed by atoms with Crippen LogP contribution in [0.2, 0.25) is 5.02 Å². The maximum Gasteiger partial charge on any atom is 0.239 e. The van der Waals surface area contributed by atoms with Gasteiger partial charge in [-0.25, -0.2) is 10.0 Å². The fraction of sp³-hybridized carbons (Fsp3) is 0.393. The first kappa shape index (κ1) is 26.9. The van der Waals surface area contributed by atoms with Crippen LogP contribution >= 0.6 is 11.6 Å². The number of allylic oxidation sites excluding steroid dienone is 1. The molecule has 0 unspecified atom stereocenters. The Kier molecular flexibility index (Phi) is 9.33. The molecule has 4 rings (SSSR count). The summed E-state index contributed by atoms with van der Waals surface area (Å²) in [5.74, 6) is 0.689. The van der Waals surface area contributed by atoms with E-state index in [1.165, 1.54) is 10.6 Å². The molecule has 0 saturated carbocycles. The zero-order valence-electron chi connectivity index (χ0n) is 21.8. The van der Waals surface area contributed by atoms with E-state index >= 15 is 0 Å². The molecule has 2 aliphatic rings. The summed E-state index contributed by atoms with van der Waals surface area (Å²) in [6, 6.07) is 16.1. The molecule has 8 nitrogen and oxygen atoms in total. The molecule has 1 saturated heterocycles. The number of amides is 1. The van der Waals surface area contributed by atoms with Crippen LogP contribution in [0, 0.1) is 5.92 Å². The van der Waals surface area contributed by atoms with Crippen LogP contribution in [-0.2, 0) is 22.6 Å². The summed E-state index contributed by atoms with van der Waals surface area (Å²) in [5, 5.41) is 13.6. The van der Waals surface area contributed by atoms with Crippen LogP contribution in [0.1, 0.15) is 23.6 Å². The summed E-state index contributed by atoms with van der Waals surface area (Å²) in [6.07, 6.45) is 4.93. The quantitative estimate of drug-likeness (QED) is 0.173. The number of rotatable bonds is 8. The van der Waals surface area contributed by atoms with Crippen molar-refractivity contribution in [1.82, 2.24) is 19.8 Å². The standard InChI is InChI=1S/C28H35ClN6O2/c1-4-5-25-20-35(30-27(25)24-10-12-26(29)13-11-24)28(32(2)3)31-34(21-36)19-23-8-6-22(7-9-23)18-33-14-16-37-17-15-33/h4-13,21,25H,14-20H2,1-3H3/b5-4+,31-28+/t25-/m1/s1. The molecule has 1 atom stereocenters. The van der Waals surface area contributed by atoms with Gasteiger partial charge in [0.05, 0.1) is 32.0 Å². The van der Waals surface area contributed by atoms with Crippen molar-refractivity contribution in [3.8, 4) is 0 Å². The third-order valence-corrected chi connectivity index (χ3v) is 6.61. The number of carbonyl (C=O) groups is 1. The third-order valence-electron chi connectivity index (χ3n) is 6.36. The summed E-state index contributed by atoms with van der Waals surface area (Å²) < 4.78 is 5.43. The lowest BCUT2D eigenvalue weighted by Crippen LogP contribution is -2.39. The molecule has 0 spiro atoms. The van der Waals surface area contributed by atoms with Gasteiger partial charge in [-0.2, -0.15) is 5.10 Å². The second kappa shape index (κ2) is 12.9. The molecule has 1 fully saturated rings. The van der Waals surface area contributed by atoms with Crippen LogP contribution in [0.25, 0.3) is 0 Å². The summed E-state index contributed by atoms with van der Waals surface area (Å²) in [6.45, 7) is 7.39. The second-order valence-corrected chi connectivity index (χ2v) is 9.85. The highest BCUT2D eigenvalue weighted by Crippen LogP contribution is 2.23. The van der Waals surface area contributed by atoms with E-state index in [0.29, 0.717) is 24.1 Å². The molecule has 9 heteroatoms. The van der Waals surface area contributed by atoms with E-state index in [2.05, 4.69) is 40.3 Å². The highest BCUT2D eigenvalue weighted by atomic mass is 35.5. The molecule has 0 bridgehead atoms. The fourth-order valence-corrected chi connectivity index (χ4v) is 4.58. The maximum absolute atomic E-state index is 12.0. The van der Waals surface area contributed by atoms with Gasteiger partial charge in [0.25, 0.3) is 0 Å². The molecular weight excluding hydrogens is 488 g/mol. The van der Waals surface area contributed by atoms with E-state index in [-0.39, 0.29) is 5.92 Å². The minimum absolute atomic E-state index is 0.0972. The van der Waals surface area contributed by atoms with Gasteiger partial charge in [-0.15, -0.1) is 5.10 Å². The van der Waals surface area contributed by atoms with Crippen molar-refractivity contribution in [1.29, 1.82) is 0 Å². The number of benzene rings is 2. The normalized spacial score (nSPS) is 18.8. The molecule has 2 aromatic rings. The highest BCUT2D eigenvalue weighted by molar-refractivity contribution is 6.30. The van der Waals surface area contributed by atoms with Crippen LogP contribution in [0.15, 0.2) is 70.9 Å². The second-order valence-electron chi connectivity index (χ2n) is 9.41. The molecule has 0 radical (unpaired) electrons. The van der Waals surface area contributed by atoms with Crippen LogP contribution in [0.4, 0.5) is 0 Å². The summed E-state index contributed by atoms with van der Waals surface area (Å²) >= 11 is 6.09. The predicted octanol–water partition coefficient (Wildman–Crippen LogP) is 3.88. The zero-order chi connectivity index (χ0) is 26.2. The van der Waals surface area contributed by atoms with Gasteiger partial charge in [0.2, 0.25) is 12.4 Å². The molecule has 2 heterocycles. The largest absolute Gasteiger partial charge is 0.379 e. The van der Waals surface area contributed by atoms with E-state index in [0.717, 1.165) is 56.1 Å². The lowest BCUT2D eigenvalue weighted by atomic mass is 9.97. The smallest absolute Gasteiger partial charge is 0.239 e. The van der Waals surface area contributed by atoms with Crippen molar-refractivity contribution >= 4 is 29.7 Å². The molecule has 2 aromatic carbocycles. The lowest BCUT2D eigenvalue weighted by molar-refractivity contribution is -0.118. The lowest BCUT2D eigenvalue weighted by Gasteiger charge is -2.26. The summed E-state index contributed by atoms with van der Waals surface area (Å²) in [4.78, 5) is 16.3. The van der Waals surface area contributed by atoms with E-state index in [1.807, 2.05) is 61.3 Å². The van der Waals surface area contributed by atoms with Crippen LogP contribution in [0.5, 0.6) is 0 Å². The Morgan fingerprint density at radius 3 is 2.41 bits per heavy atom. The van der Waals surface area contributed by atoms with Gasteiger partial charge in [-0.05, 0) is 35.7 Å². The maximum atomic E-state index is 12.0. The van der Waals surface area contributed by atoms with E-state index in [4.69, 9.17) is 21.4 Å².